The highest BCUT2D eigenvalue weighted by atomic mass is 14.9. The lowest BCUT2D eigenvalue weighted by Gasteiger charge is -2.15. The van der Waals surface area contributed by atoms with Crippen LogP contribution >= 0.6 is 0 Å². The molecule has 0 unspecified atom stereocenters. The largest absolute Gasteiger partial charge is 0.383 e. The highest BCUT2D eigenvalue weighted by Crippen LogP contribution is 2.37. The lowest BCUT2D eigenvalue weighted by molar-refractivity contribution is 1.40. The monoisotopic (exact) mass is 475 g/mol. The minimum atomic E-state index is 0.131. The molecular weight excluding hydrogens is 450 g/mol. The van der Waals surface area contributed by atoms with Gasteiger partial charge in [-0.15, -0.1) is 0 Å². The van der Waals surface area contributed by atoms with E-state index < -0.39 is 0 Å². The van der Waals surface area contributed by atoms with Crippen LogP contribution in [0.5, 0.6) is 0 Å². The van der Waals surface area contributed by atoms with Crippen LogP contribution < -0.4 is 5.73 Å². The maximum absolute atomic E-state index is 8.80. The molecule has 0 saturated heterocycles. The second kappa shape index (κ2) is 9.56. The molecule has 6 aromatic rings. The molecule has 0 aliphatic rings. The standard InChI is InChI=1S/C34H25N3/c35-33(27-18-17-23-9-4-5-13-26(23)21-27)37-34(36)28-19-20-30(24-10-2-1-3-11-24)32(22-28)31-16-8-14-25-12-6-7-15-29(25)31/h1-22H,(H3,35,36,37). The Morgan fingerprint density at radius 1 is 0.514 bits per heavy atom. The lowest BCUT2D eigenvalue weighted by atomic mass is 9.90. The van der Waals surface area contributed by atoms with E-state index in [-0.39, 0.29) is 5.84 Å². The fraction of sp³-hybridized carbons (Fsp3) is 0. The van der Waals surface area contributed by atoms with Crippen LogP contribution in [0.15, 0.2) is 138 Å². The average molecular weight is 476 g/mol. The van der Waals surface area contributed by atoms with Gasteiger partial charge in [0.1, 0.15) is 5.84 Å². The molecule has 0 aliphatic carbocycles. The molecule has 0 amide bonds. The van der Waals surface area contributed by atoms with E-state index in [9.17, 15) is 0 Å². The van der Waals surface area contributed by atoms with Crippen LogP contribution in [-0.2, 0) is 0 Å². The topological polar surface area (TPSA) is 62.2 Å². The molecule has 6 rings (SSSR count). The Hall–Kier alpha value is -5.02. The van der Waals surface area contributed by atoms with Crippen LogP contribution in [0.4, 0.5) is 0 Å². The average Bonchev–Trinajstić information content (AvgIpc) is 2.96. The Labute approximate surface area is 216 Å². The molecular formula is C34H25N3. The molecule has 0 bridgehead atoms. The molecule has 37 heavy (non-hydrogen) atoms. The van der Waals surface area contributed by atoms with E-state index in [1.807, 2.05) is 54.6 Å². The molecule has 0 atom stereocenters. The Morgan fingerprint density at radius 2 is 1.19 bits per heavy atom. The molecule has 3 nitrogen and oxygen atoms in total. The normalized spacial score (nSPS) is 11.6. The number of nitrogens with one attached hydrogen (secondary N) is 1. The van der Waals surface area contributed by atoms with Gasteiger partial charge in [0.25, 0.3) is 0 Å². The molecule has 0 aromatic heterocycles. The van der Waals surface area contributed by atoms with Crippen molar-refractivity contribution in [3.63, 3.8) is 0 Å². The first kappa shape index (κ1) is 22.4. The Morgan fingerprint density at radius 3 is 2.03 bits per heavy atom. The summed E-state index contributed by atoms with van der Waals surface area (Å²) in [4.78, 5) is 4.50. The highest BCUT2D eigenvalue weighted by Gasteiger charge is 2.14. The van der Waals surface area contributed by atoms with Gasteiger partial charge in [-0.3, -0.25) is 5.41 Å². The third-order valence-electron chi connectivity index (χ3n) is 6.74. The fourth-order valence-electron chi connectivity index (χ4n) is 4.84. The summed E-state index contributed by atoms with van der Waals surface area (Å²) in [5.74, 6) is 0.460. The van der Waals surface area contributed by atoms with Crippen LogP contribution in [0.1, 0.15) is 11.1 Å². The fourth-order valence-corrected chi connectivity index (χ4v) is 4.84. The number of nitrogens with two attached hydrogens (primary N) is 1. The minimum Gasteiger partial charge on any atom is -0.383 e. The highest BCUT2D eigenvalue weighted by molar-refractivity contribution is 6.12. The van der Waals surface area contributed by atoms with Crippen LogP contribution in [-0.4, -0.2) is 11.7 Å². The van der Waals surface area contributed by atoms with Gasteiger partial charge in [-0.25, -0.2) is 4.99 Å². The summed E-state index contributed by atoms with van der Waals surface area (Å²) < 4.78 is 0. The number of amidine groups is 2. The van der Waals surface area contributed by atoms with Crippen molar-refractivity contribution in [1.82, 2.24) is 0 Å². The number of hydrogen-bond donors (Lipinski definition) is 2. The summed E-state index contributed by atoms with van der Waals surface area (Å²) in [6.45, 7) is 0. The predicted molar refractivity (Wildman–Crippen MR) is 156 cm³/mol. The zero-order valence-corrected chi connectivity index (χ0v) is 20.2. The number of aliphatic imine (C=N–C) groups is 1. The first-order valence-electron chi connectivity index (χ1n) is 12.3. The van der Waals surface area contributed by atoms with Gasteiger partial charge in [0.2, 0.25) is 0 Å². The van der Waals surface area contributed by atoms with Gasteiger partial charge < -0.3 is 5.73 Å². The molecule has 0 fully saturated rings. The zero-order chi connectivity index (χ0) is 25.2. The van der Waals surface area contributed by atoms with Gasteiger partial charge in [0.05, 0.1) is 0 Å². The van der Waals surface area contributed by atoms with Gasteiger partial charge >= 0.3 is 0 Å². The quantitative estimate of drug-likeness (QED) is 0.197. The van der Waals surface area contributed by atoms with E-state index in [1.54, 1.807) is 0 Å². The Bertz CT molecular complexity index is 1790. The van der Waals surface area contributed by atoms with Gasteiger partial charge in [0, 0.05) is 11.1 Å². The van der Waals surface area contributed by atoms with Crippen molar-refractivity contribution in [2.75, 3.05) is 0 Å². The molecule has 0 aliphatic heterocycles. The number of benzene rings is 6. The first-order valence-corrected chi connectivity index (χ1v) is 12.3. The molecule has 0 heterocycles. The third-order valence-corrected chi connectivity index (χ3v) is 6.74. The van der Waals surface area contributed by atoms with E-state index in [1.165, 1.54) is 10.8 Å². The smallest absolute Gasteiger partial charge is 0.154 e. The van der Waals surface area contributed by atoms with Gasteiger partial charge in [-0.2, -0.15) is 0 Å². The van der Waals surface area contributed by atoms with Gasteiger partial charge in [-0.1, -0.05) is 121 Å². The van der Waals surface area contributed by atoms with Gasteiger partial charge in [0.15, 0.2) is 5.84 Å². The second-order valence-corrected chi connectivity index (χ2v) is 9.06. The van der Waals surface area contributed by atoms with E-state index in [0.29, 0.717) is 11.4 Å². The summed E-state index contributed by atoms with van der Waals surface area (Å²) in [6, 6.07) is 45.3. The van der Waals surface area contributed by atoms with E-state index in [4.69, 9.17) is 11.1 Å². The Kier molecular flexibility index (Phi) is 5.80. The van der Waals surface area contributed by atoms with Crippen molar-refractivity contribution in [2.45, 2.75) is 0 Å². The van der Waals surface area contributed by atoms with Crippen molar-refractivity contribution in [2.24, 2.45) is 10.7 Å². The van der Waals surface area contributed by atoms with Crippen LogP contribution in [0.3, 0.4) is 0 Å². The van der Waals surface area contributed by atoms with Crippen molar-refractivity contribution in [3.05, 3.63) is 145 Å². The van der Waals surface area contributed by atoms with Crippen molar-refractivity contribution >= 4 is 33.2 Å². The molecule has 0 saturated carbocycles. The SMILES string of the molecule is N=C(N=C(N)c1ccc2ccccc2c1)c1ccc(-c2ccccc2)c(-c2cccc3ccccc23)c1. The molecule has 6 aromatic carbocycles. The van der Waals surface area contributed by atoms with E-state index in [2.05, 4.69) is 83.9 Å². The minimum absolute atomic E-state index is 0.131. The summed E-state index contributed by atoms with van der Waals surface area (Å²) in [7, 11) is 0. The summed E-state index contributed by atoms with van der Waals surface area (Å²) >= 11 is 0. The number of nitrogens with zero attached hydrogens (tertiary/aromatic N) is 1. The molecule has 3 heteroatoms. The van der Waals surface area contributed by atoms with Crippen molar-refractivity contribution < 1.29 is 0 Å². The molecule has 3 N–H and O–H groups in total. The molecule has 0 radical (unpaired) electrons. The van der Waals surface area contributed by atoms with Crippen molar-refractivity contribution in [1.29, 1.82) is 5.41 Å². The number of fused-ring (bicyclic) bond motifs is 2. The van der Waals surface area contributed by atoms with Crippen LogP contribution in [0.25, 0.3) is 43.8 Å². The maximum Gasteiger partial charge on any atom is 0.154 e. The summed E-state index contributed by atoms with van der Waals surface area (Å²) in [5, 5.41) is 13.4. The Balaban J connectivity index is 1.46. The predicted octanol–water partition coefficient (Wildman–Crippen LogP) is 8.06. The zero-order valence-electron chi connectivity index (χ0n) is 20.2. The van der Waals surface area contributed by atoms with Gasteiger partial charge in [-0.05, 0) is 55.9 Å². The van der Waals surface area contributed by atoms with Crippen LogP contribution in [0, 0.1) is 5.41 Å². The molecule has 176 valence electrons. The summed E-state index contributed by atoms with van der Waals surface area (Å²) in [6.07, 6.45) is 0. The van der Waals surface area contributed by atoms with Crippen LogP contribution in [0.2, 0.25) is 0 Å². The first-order chi connectivity index (χ1) is 18.2. The number of hydrogen-bond acceptors (Lipinski definition) is 1. The third kappa shape index (κ3) is 4.39. The second-order valence-electron chi connectivity index (χ2n) is 9.06. The van der Waals surface area contributed by atoms with E-state index in [0.717, 1.165) is 38.6 Å². The lowest BCUT2D eigenvalue weighted by Crippen LogP contribution is -2.16. The van der Waals surface area contributed by atoms with E-state index >= 15 is 0 Å². The van der Waals surface area contributed by atoms with Crippen molar-refractivity contribution in [3.8, 4) is 22.3 Å². The number of rotatable bonds is 4. The summed E-state index contributed by atoms with van der Waals surface area (Å²) in [5.41, 5.74) is 12.3. The maximum atomic E-state index is 8.80. The molecule has 0 spiro atoms.